The fourth-order valence-electron chi connectivity index (χ4n) is 4.07. The molecule has 1 aliphatic rings. The number of ether oxygens (including phenoxy) is 2. The molecule has 0 aromatic heterocycles. The molecule has 172 valence electrons. The number of hydrogen-bond donors (Lipinski definition) is 2. The van der Waals surface area contributed by atoms with Crippen molar-refractivity contribution in [1.29, 1.82) is 0 Å². The van der Waals surface area contributed by atoms with E-state index in [1.54, 1.807) is 18.2 Å². The van der Waals surface area contributed by atoms with Gasteiger partial charge in [0.15, 0.2) is 0 Å². The Balaban J connectivity index is 1.59. The molecule has 2 amide bonds. The van der Waals surface area contributed by atoms with Crippen LogP contribution in [0.1, 0.15) is 56.6 Å². The second-order valence-electron chi connectivity index (χ2n) is 8.56. The lowest BCUT2D eigenvalue weighted by Crippen LogP contribution is -2.25. The van der Waals surface area contributed by atoms with E-state index in [0.717, 1.165) is 36.8 Å². The number of halogens is 1. The Kier molecular flexibility index (Phi) is 7.72. The molecule has 2 N–H and O–H groups in total. The number of aryl methyl sites for hydroxylation is 1. The van der Waals surface area contributed by atoms with Gasteiger partial charge in [-0.05, 0) is 87.8 Å². The predicted molar refractivity (Wildman–Crippen MR) is 123 cm³/mol. The van der Waals surface area contributed by atoms with Crippen LogP contribution < -0.4 is 15.4 Å². The van der Waals surface area contributed by atoms with Gasteiger partial charge in [0.05, 0.1) is 30.5 Å². The van der Waals surface area contributed by atoms with Crippen molar-refractivity contribution in [3.05, 3.63) is 53.3 Å². The summed E-state index contributed by atoms with van der Waals surface area (Å²) in [5.74, 6) is -0.00106. The molecule has 0 bridgehead atoms. The van der Waals surface area contributed by atoms with Crippen LogP contribution in [0.25, 0.3) is 0 Å². The van der Waals surface area contributed by atoms with Gasteiger partial charge in [0.1, 0.15) is 11.6 Å². The van der Waals surface area contributed by atoms with Crippen LogP contribution in [-0.2, 0) is 9.53 Å². The summed E-state index contributed by atoms with van der Waals surface area (Å²) in [5.41, 5.74) is 2.45. The first kappa shape index (κ1) is 23.6. The molecule has 3 rings (SSSR count). The Morgan fingerprint density at radius 2 is 1.69 bits per heavy atom. The molecular weight excluding hydrogens is 411 g/mol. The van der Waals surface area contributed by atoms with Gasteiger partial charge in [-0.2, -0.15) is 0 Å². The summed E-state index contributed by atoms with van der Waals surface area (Å²) in [6.07, 6.45) is 2.96. The Labute approximate surface area is 188 Å². The lowest BCUT2D eigenvalue weighted by molar-refractivity contribution is -0.153. The third kappa shape index (κ3) is 5.99. The Bertz CT molecular complexity index is 968. The highest BCUT2D eigenvalue weighted by molar-refractivity contribution is 6.00. The zero-order chi connectivity index (χ0) is 23.3. The van der Waals surface area contributed by atoms with Gasteiger partial charge in [-0.15, -0.1) is 0 Å². The average Bonchev–Trinajstić information content (AvgIpc) is 2.75. The summed E-state index contributed by atoms with van der Waals surface area (Å²) in [7, 11) is 1.52. The van der Waals surface area contributed by atoms with E-state index < -0.39 is 11.8 Å². The molecule has 0 atom stereocenters. The smallest absolute Gasteiger partial charge is 0.323 e. The minimum absolute atomic E-state index is 0.0817. The van der Waals surface area contributed by atoms with Crippen LogP contribution in [0, 0.1) is 18.7 Å². The zero-order valence-corrected chi connectivity index (χ0v) is 19.0. The average molecular weight is 443 g/mol. The van der Waals surface area contributed by atoms with Crippen molar-refractivity contribution in [2.45, 2.75) is 58.5 Å². The van der Waals surface area contributed by atoms with Crippen molar-refractivity contribution in [2.24, 2.45) is 5.92 Å². The van der Waals surface area contributed by atoms with Gasteiger partial charge in [0.2, 0.25) is 0 Å². The van der Waals surface area contributed by atoms with E-state index in [-0.39, 0.29) is 29.6 Å². The van der Waals surface area contributed by atoms with E-state index in [0.29, 0.717) is 11.4 Å². The largest absolute Gasteiger partial charge is 0.495 e. The van der Waals surface area contributed by atoms with Gasteiger partial charge in [-0.25, -0.2) is 9.18 Å². The molecule has 2 aromatic rings. The summed E-state index contributed by atoms with van der Waals surface area (Å²) in [5, 5.41) is 5.26. The fourth-order valence-corrected chi connectivity index (χ4v) is 4.07. The van der Waals surface area contributed by atoms with Crippen molar-refractivity contribution >= 4 is 23.4 Å². The number of urea groups is 1. The summed E-state index contributed by atoms with van der Waals surface area (Å²) in [4.78, 5) is 24.5. The third-order valence-electron chi connectivity index (χ3n) is 5.73. The van der Waals surface area contributed by atoms with Crippen LogP contribution in [0.2, 0.25) is 0 Å². The molecule has 0 saturated heterocycles. The Morgan fingerprint density at radius 1 is 1.00 bits per heavy atom. The standard InChI is InChI=1S/C25H31FN2O4/c1-15(2)32-24(29)18-8-6-17(7-9-18)19-10-11-21(20(26)14-19)27-25(30)28-22-13-16(3)5-12-23(22)31-4/h5,10-15,17-18H,6-9H2,1-4H3,(H2,27,28,30)/t17-,18+. The Morgan fingerprint density at radius 3 is 2.31 bits per heavy atom. The number of rotatable bonds is 6. The first-order valence-electron chi connectivity index (χ1n) is 11.0. The van der Waals surface area contributed by atoms with Gasteiger partial charge in [0, 0.05) is 0 Å². The second-order valence-corrected chi connectivity index (χ2v) is 8.56. The molecule has 32 heavy (non-hydrogen) atoms. The van der Waals surface area contributed by atoms with Crippen molar-refractivity contribution in [2.75, 3.05) is 17.7 Å². The summed E-state index contributed by atoms with van der Waals surface area (Å²) < 4.78 is 25.3. The molecule has 2 aromatic carbocycles. The molecule has 1 fully saturated rings. The highest BCUT2D eigenvalue weighted by Crippen LogP contribution is 2.37. The van der Waals surface area contributed by atoms with Crippen molar-refractivity contribution in [3.63, 3.8) is 0 Å². The molecule has 0 radical (unpaired) electrons. The van der Waals surface area contributed by atoms with E-state index in [4.69, 9.17) is 9.47 Å². The van der Waals surface area contributed by atoms with E-state index in [1.807, 2.05) is 32.9 Å². The first-order valence-corrected chi connectivity index (χ1v) is 11.0. The van der Waals surface area contributed by atoms with Gasteiger partial charge in [0.25, 0.3) is 0 Å². The molecule has 0 heterocycles. The maximum atomic E-state index is 14.7. The fraction of sp³-hybridized carbons (Fsp3) is 0.440. The van der Waals surface area contributed by atoms with E-state index in [2.05, 4.69) is 10.6 Å². The van der Waals surface area contributed by atoms with Crippen LogP contribution in [-0.4, -0.2) is 25.2 Å². The van der Waals surface area contributed by atoms with E-state index >= 15 is 0 Å². The first-order chi connectivity index (χ1) is 15.3. The van der Waals surface area contributed by atoms with E-state index in [1.165, 1.54) is 13.2 Å². The summed E-state index contributed by atoms with van der Waals surface area (Å²) >= 11 is 0. The van der Waals surface area contributed by atoms with Crippen molar-refractivity contribution < 1.29 is 23.5 Å². The number of esters is 1. The van der Waals surface area contributed by atoms with Gasteiger partial charge >= 0.3 is 12.0 Å². The Hall–Kier alpha value is -3.09. The number of anilines is 2. The highest BCUT2D eigenvalue weighted by atomic mass is 19.1. The number of nitrogens with one attached hydrogen (secondary N) is 2. The number of amides is 2. The summed E-state index contributed by atoms with van der Waals surface area (Å²) in [6.45, 7) is 5.60. The number of carbonyl (C=O) groups excluding carboxylic acids is 2. The van der Waals surface area contributed by atoms with Crippen molar-refractivity contribution in [1.82, 2.24) is 0 Å². The van der Waals surface area contributed by atoms with Crippen LogP contribution in [0.15, 0.2) is 36.4 Å². The second kappa shape index (κ2) is 10.5. The minimum atomic E-state index is -0.551. The monoisotopic (exact) mass is 442 g/mol. The van der Waals surface area contributed by atoms with E-state index in [9.17, 15) is 14.0 Å². The van der Waals surface area contributed by atoms with Gasteiger partial charge < -0.3 is 20.1 Å². The van der Waals surface area contributed by atoms with Gasteiger partial charge in [-0.3, -0.25) is 4.79 Å². The lowest BCUT2D eigenvalue weighted by atomic mass is 9.78. The molecule has 6 nitrogen and oxygen atoms in total. The predicted octanol–water partition coefficient (Wildman–Crippen LogP) is 6.01. The van der Waals surface area contributed by atoms with Crippen LogP contribution >= 0.6 is 0 Å². The molecular formula is C25H31FN2O4. The maximum absolute atomic E-state index is 14.7. The molecule has 1 saturated carbocycles. The van der Waals surface area contributed by atoms with Gasteiger partial charge in [-0.1, -0.05) is 12.1 Å². The quantitative estimate of drug-likeness (QED) is 0.537. The number of carbonyl (C=O) groups is 2. The minimum Gasteiger partial charge on any atom is -0.495 e. The molecule has 0 spiro atoms. The number of methoxy groups -OCH3 is 1. The summed E-state index contributed by atoms with van der Waals surface area (Å²) in [6, 6.07) is 9.76. The van der Waals surface area contributed by atoms with Crippen LogP contribution in [0.5, 0.6) is 5.75 Å². The SMILES string of the molecule is COc1ccc(C)cc1NC(=O)Nc1ccc([C@H]2CC[C@@H](C(=O)OC(C)C)CC2)cc1F. The lowest BCUT2D eigenvalue weighted by Gasteiger charge is -2.28. The number of benzene rings is 2. The normalized spacial score (nSPS) is 18.2. The third-order valence-corrected chi connectivity index (χ3v) is 5.73. The van der Waals surface area contributed by atoms with Crippen LogP contribution in [0.4, 0.5) is 20.6 Å². The molecule has 0 aliphatic heterocycles. The van der Waals surface area contributed by atoms with Crippen LogP contribution in [0.3, 0.4) is 0 Å². The van der Waals surface area contributed by atoms with Crippen molar-refractivity contribution in [3.8, 4) is 5.75 Å². The molecule has 7 heteroatoms. The number of hydrogen-bond acceptors (Lipinski definition) is 4. The molecule has 0 unspecified atom stereocenters. The maximum Gasteiger partial charge on any atom is 0.323 e. The molecule has 1 aliphatic carbocycles. The highest BCUT2D eigenvalue weighted by Gasteiger charge is 2.29. The topological polar surface area (TPSA) is 76.7 Å². The zero-order valence-electron chi connectivity index (χ0n) is 19.0.